The summed E-state index contributed by atoms with van der Waals surface area (Å²) in [6, 6.07) is 20.7. The second kappa shape index (κ2) is 4.92. The van der Waals surface area contributed by atoms with Crippen LogP contribution < -0.4 is 5.32 Å². The molecule has 0 amide bonds. The van der Waals surface area contributed by atoms with E-state index in [1.807, 2.05) is 0 Å². The first-order chi connectivity index (χ1) is 9.90. The summed E-state index contributed by atoms with van der Waals surface area (Å²) in [5.41, 5.74) is 1.44. The average Bonchev–Trinajstić information content (AvgIpc) is 2.53. The third kappa shape index (κ3) is 2.08. The van der Waals surface area contributed by atoms with Crippen LogP contribution in [0.3, 0.4) is 0 Å². The van der Waals surface area contributed by atoms with E-state index in [0.717, 1.165) is 6.54 Å². The Morgan fingerprint density at radius 2 is 1.50 bits per heavy atom. The lowest BCUT2D eigenvalue weighted by molar-refractivity contribution is 0.412. The molecule has 1 aliphatic heterocycles. The van der Waals surface area contributed by atoms with Crippen LogP contribution in [0.25, 0.3) is 21.5 Å². The Kier molecular flexibility index (Phi) is 2.93. The molecule has 1 N–H and O–H groups in total. The number of piperidine rings is 1. The maximum Gasteiger partial charge on any atom is 0.0320 e. The lowest BCUT2D eigenvalue weighted by Crippen LogP contribution is -2.26. The molecular weight excluding hydrogens is 242 g/mol. The SMILES string of the molecule is c1ccc2cc3cc([C@@H]4CCCCN4)ccc3cc2c1. The summed E-state index contributed by atoms with van der Waals surface area (Å²) >= 11 is 0. The van der Waals surface area contributed by atoms with Gasteiger partial charge in [0.25, 0.3) is 0 Å². The van der Waals surface area contributed by atoms with Gasteiger partial charge in [-0.1, -0.05) is 42.8 Å². The van der Waals surface area contributed by atoms with Gasteiger partial charge in [0.1, 0.15) is 0 Å². The Bertz CT molecular complexity index is 754. The molecule has 1 saturated heterocycles. The minimum atomic E-state index is 0.541. The van der Waals surface area contributed by atoms with Crippen LogP contribution in [0.5, 0.6) is 0 Å². The van der Waals surface area contributed by atoms with Gasteiger partial charge in [-0.15, -0.1) is 0 Å². The molecule has 1 heterocycles. The zero-order valence-electron chi connectivity index (χ0n) is 11.6. The maximum atomic E-state index is 3.64. The molecule has 3 aromatic carbocycles. The highest BCUT2D eigenvalue weighted by Crippen LogP contribution is 2.28. The van der Waals surface area contributed by atoms with Gasteiger partial charge in [0.15, 0.2) is 0 Å². The summed E-state index contributed by atoms with van der Waals surface area (Å²) in [6.07, 6.45) is 3.92. The number of hydrogen-bond acceptors (Lipinski definition) is 1. The summed E-state index contributed by atoms with van der Waals surface area (Å²) in [5.74, 6) is 0. The van der Waals surface area contributed by atoms with Crippen molar-refractivity contribution in [2.45, 2.75) is 25.3 Å². The zero-order valence-corrected chi connectivity index (χ0v) is 11.6. The van der Waals surface area contributed by atoms with Crippen molar-refractivity contribution in [1.82, 2.24) is 5.32 Å². The maximum absolute atomic E-state index is 3.64. The Morgan fingerprint density at radius 1 is 0.750 bits per heavy atom. The van der Waals surface area contributed by atoms with E-state index in [2.05, 4.69) is 59.9 Å². The number of nitrogens with one attached hydrogen (secondary N) is 1. The first kappa shape index (κ1) is 11.9. The summed E-state index contributed by atoms with van der Waals surface area (Å²) in [6.45, 7) is 1.15. The quantitative estimate of drug-likeness (QED) is 0.620. The molecule has 100 valence electrons. The highest BCUT2D eigenvalue weighted by Gasteiger charge is 2.14. The molecule has 3 aromatic rings. The monoisotopic (exact) mass is 261 g/mol. The van der Waals surface area contributed by atoms with Crippen LogP contribution >= 0.6 is 0 Å². The van der Waals surface area contributed by atoms with E-state index < -0.39 is 0 Å². The van der Waals surface area contributed by atoms with E-state index in [1.165, 1.54) is 46.4 Å². The zero-order chi connectivity index (χ0) is 13.4. The van der Waals surface area contributed by atoms with Crippen LogP contribution in [0.15, 0.2) is 54.6 Å². The summed E-state index contributed by atoms with van der Waals surface area (Å²) in [7, 11) is 0. The topological polar surface area (TPSA) is 12.0 Å². The standard InChI is InChI=1S/C19H19N/c1-2-6-15-12-18-13-17(19-7-3-4-10-20-19)9-8-16(18)11-14(15)5-1/h1-2,5-6,8-9,11-13,19-20H,3-4,7,10H2/t19-/m0/s1. The second-order valence-electron chi connectivity index (χ2n) is 5.81. The fraction of sp³-hybridized carbons (Fsp3) is 0.263. The lowest BCUT2D eigenvalue weighted by Gasteiger charge is -2.24. The van der Waals surface area contributed by atoms with E-state index in [9.17, 15) is 0 Å². The normalized spacial score (nSPS) is 19.5. The number of benzene rings is 3. The summed E-state index contributed by atoms with van der Waals surface area (Å²) < 4.78 is 0. The van der Waals surface area contributed by atoms with Gasteiger partial charge < -0.3 is 5.32 Å². The van der Waals surface area contributed by atoms with E-state index in [0.29, 0.717) is 6.04 Å². The van der Waals surface area contributed by atoms with Gasteiger partial charge in [-0.05, 0) is 64.7 Å². The highest BCUT2D eigenvalue weighted by atomic mass is 14.9. The number of hydrogen-bond donors (Lipinski definition) is 1. The van der Waals surface area contributed by atoms with Gasteiger partial charge in [-0.2, -0.15) is 0 Å². The van der Waals surface area contributed by atoms with Crippen LogP contribution in [0.1, 0.15) is 30.9 Å². The van der Waals surface area contributed by atoms with Gasteiger partial charge in [0.2, 0.25) is 0 Å². The highest BCUT2D eigenvalue weighted by molar-refractivity contribution is 5.98. The molecule has 1 heteroatoms. The molecular formula is C19H19N. The molecule has 20 heavy (non-hydrogen) atoms. The molecule has 4 rings (SSSR count). The van der Waals surface area contributed by atoms with Crippen molar-refractivity contribution in [2.24, 2.45) is 0 Å². The van der Waals surface area contributed by atoms with Crippen molar-refractivity contribution in [3.63, 3.8) is 0 Å². The molecule has 0 spiro atoms. The minimum absolute atomic E-state index is 0.541. The number of rotatable bonds is 1. The third-order valence-corrected chi connectivity index (χ3v) is 4.44. The average molecular weight is 261 g/mol. The first-order valence-electron chi connectivity index (χ1n) is 7.56. The Morgan fingerprint density at radius 3 is 2.25 bits per heavy atom. The van der Waals surface area contributed by atoms with Gasteiger partial charge in [0.05, 0.1) is 0 Å². The predicted octanol–water partition coefficient (Wildman–Crippen LogP) is 4.81. The predicted molar refractivity (Wildman–Crippen MR) is 86.0 cm³/mol. The second-order valence-corrected chi connectivity index (χ2v) is 5.81. The molecule has 1 aliphatic rings. The molecule has 0 aromatic heterocycles. The Balaban J connectivity index is 1.83. The molecule has 1 fully saturated rings. The van der Waals surface area contributed by atoms with Crippen molar-refractivity contribution in [3.8, 4) is 0 Å². The fourth-order valence-electron chi connectivity index (χ4n) is 3.31. The molecule has 0 radical (unpaired) electrons. The van der Waals surface area contributed by atoms with E-state index in [4.69, 9.17) is 0 Å². The molecule has 0 unspecified atom stereocenters. The minimum Gasteiger partial charge on any atom is -0.310 e. The van der Waals surface area contributed by atoms with Crippen molar-refractivity contribution in [2.75, 3.05) is 6.54 Å². The van der Waals surface area contributed by atoms with Crippen molar-refractivity contribution >= 4 is 21.5 Å². The largest absolute Gasteiger partial charge is 0.310 e. The summed E-state index contributed by atoms with van der Waals surface area (Å²) in [4.78, 5) is 0. The van der Waals surface area contributed by atoms with Crippen molar-refractivity contribution in [1.29, 1.82) is 0 Å². The van der Waals surface area contributed by atoms with Gasteiger partial charge in [0, 0.05) is 6.04 Å². The molecule has 0 bridgehead atoms. The van der Waals surface area contributed by atoms with Crippen LogP contribution in [0, 0.1) is 0 Å². The fourth-order valence-corrected chi connectivity index (χ4v) is 3.31. The van der Waals surface area contributed by atoms with E-state index in [1.54, 1.807) is 0 Å². The van der Waals surface area contributed by atoms with Gasteiger partial charge in [-0.25, -0.2) is 0 Å². The van der Waals surface area contributed by atoms with Crippen LogP contribution in [-0.2, 0) is 0 Å². The van der Waals surface area contributed by atoms with E-state index >= 15 is 0 Å². The summed E-state index contributed by atoms with van der Waals surface area (Å²) in [5, 5.41) is 8.98. The van der Waals surface area contributed by atoms with Gasteiger partial charge in [-0.3, -0.25) is 0 Å². The smallest absolute Gasteiger partial charge is 0.0320 e. The molecule has 0 saturated carbocycles. The molecule has 1 nitrogen and oxygen atoms in total. The van der Waals surface area contributed by atoms with E-state index in [-0.39, 0.29) is 0 Å². The third-order valence-electron chi connectivity index (χ3n) is 4.44. The number of fused-ring (bicyclic) bond motifs is 2. The Labute approximate surface area is 119 Å². The lowest BCUT2D eigenvalue weighted by atomic mass is 9.94. The molecule has 1 atom stereocenters. The van der Waals surface area contributed by atoms with Gasteiger partial charge >= 0.3 is 0 Å². The van der Waals surface area contributed by atoms with Crippen molar-refractivity contribution < 1.29 is 0 Å². The first-order valence-corrected chi connectivity index (χ1v) is 7.56. The molecule has 0 aliphatic carbocycles. The van der Waals surface area contributed by atoms with Crippen LogP contribution in [0.2, 0.25) is 0 Å². The Hall–Kier alpha value is -1.86. The van der Waals surface area contributed by atoms with Crippen LogP contribution in [-0.4, -0.2) is 6.54 Å². The van der Waals surface area contributed by atoms with Crippen molar-refractivity contribution in [3.05, 3.63) is 60.2 Å². The van der Waals surface area contributed by atoms with Crippen LogP contribution in [0.4, 0.5) is 0 Å².